The third-order valence-corrected chi connectivity index (χ3v) is 3.95. The molecule has 0 spiro atoms. The van der Waals surface area contributed by atoms with Gasteiger partial charge in [0.2, 0.25) is 5.91 Å². The Morgan fingerprint density at radius 3 is 2.86 bits per heavy atom. The number of hydrogen-bond donors (Lipinski definition) is 3. The second kappa shape index (κ2) is 7.53. The van der Waals surface area contributed by atoms with E-state index in [2.05, 4.69) is 31.5 Å². The van der Waals surface area contributed by atoms with Crippen molar-refractivity contribution in [3.63, 3.8) is 0 Å². The fraction of sp³-hybridized carbons (Fsp3) is 0.429. The number of rotatable bonds is 4. The fourth-order valence-electron chi connectivity index (χ4n) is 2.20. The molecule has 1 aromatic carbocycles. The number of benzene rings is 1. The van der Waals surface area contributed by atoms with Gasteiger partial charge in [-0.05, 0) is 53.6 Å². The number of carbonyl (C=O) groups is 2. The van der Waals surface area contributed by atoms with Gasteiger partial charge in [0.05, 0.1) is 17.8 Å². The summed E-state index contributed by atoms with van der Waals surface area (Å²) in [6, 6.07) is 4.54. The number of anilines is 1. The van der Waals surface area contributed by atoms with E-state index in [0.717, 1.165) is 32.6 Å². The lowest BCUT2D eigenvalue weighted by Crippen LogP contribution is -2.35. The van der Waals surface area contributed by atoms with Gasteiger partial charge >= 0.3 is 5.97 Å². The molecule has 1 aliphatic rings. The van der Waals surface area contributed by atoms with Crippen LogP contribution in [-0.2, 0) is 4.79 Å². The molecule has 1 fully saturated rings. The molecule has 0 atom stereocenters. The summed E-state index contributed by atoms with van der Waals surface area (Å²) in [6.07, 6.45) is 1.03. The number of carboxylic acid groups (broad SMARTS) is 1. The lowest BCUT2D eigenvalue weighted by molar-refractivity contribution is -0.117. The van der Waals surface area contributed by atoms with Crippen molar-refractivity contribution in [1.29, 1.82) is 0 Å². The third-order valence-electron chi connectivity index (χ3n) is 3.29. The van der Waals surface area contributed by atoms with Crippen LogP contribution in [0.5, 0.6) is 0 Å². The minimum absolute atomic E-state index is 0.0966. The molecule has 0 radical (unpaired) electrons. The molecule has 0 aliphatic carbocycles. The van der Waals surface area contributed by atoms with Crippen molar-refractivity contribution in [2.75, 3.05) is 38.0 Å². The summed E-state index contributed by atoms with van der Waals surface area (Å²) in [4.78, 5) is 25.0. The van der Waals surface area contributed by atoms with Gasteiger partial charge in [-0.15, -0.1) is 0 Å². The molecule has 1 saturated heterocycles. The van der Waals surface area contributed by atoms with Gasteiger partial charge in [0.1, 0.15) is 0 Å². The SMILES string of the molecule is O=C(CN1CCCNCC1)Nc1ccc(C(=O)O)cc1Br. The van der Waals surface area contributed by atoms with Crippen molar-refractivity contribution >= 4 is 33.5 Å². The first-order valence-corrected chi connectivity index (χ1v) is 7.61. The van der Waals surface area contributed by atoms with Gasteiger partial charge in [-0.2, -0.15) is 0 Å². The maximum absolute atomic E-state index is 12.1. The van der Waals surface area contributed by atoms with Crippen LogP contribution in [0, 0.1) is 0 Å². The molecular weight excluding hydrogens is 338 g/mol. The Kier molecular flexibility index (Phi) is 5.72. The lowest BCUT2D eigenvalue weighted by atomic mass is 10.2. The Labute approximate surface area is 131 Å². The highest BCUT2D eigenvalue weighted by molar-refractivity contribution is 9.10. The summed E-state index contributed by atoms with van der Waals surface area (Å²) in [6.45, 7) is 3.98. The maximum atomic E-state index is 12.1. The third kappa shape index (κ3) is 4.80. The van der Waals surface area contributed by atoms with Gasteiger partial charge in [0.25, 0.3) is 0 Å². The molecular formula is C14H18BrN3O3. The second-order valence-electron chi connectivity index (χ2n) is 4.93. The van der Waals surface area contributed by atoms with E-state index in [4.69, 9.17) is 5.11 Å². The van der Waals surface area contributed by atoms with Crippen molar-refractivity contribution in [1.82, 2.24) is 10.2 Å². The normalized spacial score (nSPS) is 16.2. The predicted octanol–water partition coefficient (Wildman–Crippen LogP) is 1.38. The van der Waals surface area contributed by atoms with Crippen molar-refractivity contribution in [2.24, 2.45) is 0 Å². The van der Waals surface area contributed by atoms with Gasteiger partial charge in [0.15, 0.2) is 0 Å². The Balaban J connectivity index is 1.94. The summed E-state index contributed by atoms with van der Waals surface area (Å²) in [5.41, 5.74) is 0.761. The van der Waals surface area contributed by atoms with Crippen molar-refractivity contribution in [2.45, 2.75) is 6.42 Å². The van der Waals surface area contributed by atoms with Crippen LogP contribution in [0.1, 0.15) is 16.8 Å². The van der Waals surface area contributed by atoms with E-state index in [-0.39, 0.29) is 11.5 Å². The number of halogens is 1. The van der Waals surface area contributed by atoms with Crippen LogP contribution >= 0.6 is 15.9 Å². The summed E-state index contributed by atoms with van der Waals surface area (Å²) in [5.74, 6) is -1.09. The van der Waals surface area contributed by atoms with E-state index in [1.165, 1.54) is 12.1 Å². The number of nitrogens with zero attached hydrogens (tertiary/aromatic N) is 1. The topological polar surface area (TPSA) is 81.7 Å². The quantitative estimate of drug-likeness (QED) is 0.760. The van der Waals surface area contributed by atoms with Gasteiger partial charge in [-0.25, -0.2) is 4.79 Å². The van der Waals surface area contributed by atoms with E-state index in [1.807, 2.05) is 0 Å². The van der Waals surface area contributed by atoms with Gasteiger partial charge in [0, 0.05) is 17.6 Å². The van der Waals surface area contributed by atoms with Gasteiger partial charge < -0.3 is 15.7 Å². The van der Waals surface area contributed by atoms with Crippen LogP contribution < -0.4 is 10.6 Å². The fourth-order valence-corrected chi connectivity index (χ4v) is 2.68. The van der Waals surface area contributed by atoms with E-state index in [9.17, 15) is 9.59 Å². The Morgan fingerprint density at radius 1 is 1.33 bits per heavy atom. The van der Waals surface area contributed by atoms with E-state index >= 15 is 0 Å². The molecule has 1 aliphatic heterocycles. The van der Waals surface area contributed by atoms with Gasteiger partial charge in [-0.3, -0.25) is 9.69 Å². The first-order valence-electron chi connectivity index (χ1n) is 6.82. The summed E-state index contributed by atoms with van der Waals surface area (Å²) < 4.78 is 0.563. The Bertz CT molecular complexity index is 528. The highest BCUT2D eigenvalue weighted by Crippen LogP contribution is 2.23. The van der Waals surface area contributed by atoms with Gasteiger partial charge in [-0.1, -0.05) is 0 Å². The molecule has 1 aromatic rings. The van der Waals surface area contributed by atoms with Crippen LogP contribution in [-0.4, -0.2) is 54.6 Å². The molecule has 2 rings (SSSR count). The lowest BCUT2D eigenvalue weighted by Gasteiger charge is -2.19. The number of amides is 1. The second-order valence-corrected chi connectivity index (χ2v) is 5.78. The average Bonchev–Trinajstić information content (AvgIpc) is 2.69. The molecule has 114 valence electrons. The highest BCUT2D eigenvalue weighted by Gasteiger charge is 2.14. The molecule has 0 saturated carbocycles. The summed E-state index contributed by atoms with van der Waals surface area (Å²) in [5, 5.41) is 15.0. The molecule has 6 nitrogen and oxygen atoms in total. The minimum atomic E-state index is -0.995. The molecule has 1 amide bonds. The van der Waals surface area contributed by atoms with Crippen LogP contribution in [0.2, 0.25) is 0 Å². The number of hydrogen-bond acceptors (Lipinski definition) is 4. The zero-order valence-electron chi connectivity index (χ0n) is 11.6. The van der Waals surface area contributed by atoms with Crippen molar-refractivity contribution in [3.8, 4) is 0 Å². The molecule has 3 N–H and O–H groups in total. The monoisotopic (exact) mass is 355 g/mol. The van der Waals surface area contributed by atoms with Crippen molar-refractivity contribution < 1.29 is 14.7 Å². The summed E-state index contributed by atoms with van der Waals surface area (Å²) >= 11 is 3.28. The number of nitrogens with one attached hydrogen (secondary N) is 2. The van der Waals surface area contributed by atoms with E-state index < -0.39 is 5.97 Å². The summed E-state index contributed by atoms with van der Waals surface area (Å²) in [7, 11) is 0. The molecule has 0 unspecified atom stereocenters. The molecule has 0 bridgehead atoms. The standard InChI is InChI=1S/C14H18BrN3O3/c15-11-8-10(14(20)21)2-3-12(11)17-13(19)9-18-6-1-4-16-5-7-18/h2-3,8,16H,1,4-7,9H2,(H,17,19)(H,20,21). The highest BCUT2D eigenvalue weighted by atomic mass is 79.9. The van der Waals surface area contributed by atoms with E-state index in [1.54, 1.807) is 6.07 Å². The first-order chi connectivity index (χ1) is 10.1. The van der Waals surface area contributed by atoms with Crippen LogP contribution in [0.15, 0.2) is 22.7 Å². The molecule has 0 aromatic heterocycles. The number of carbonyl (C=O) groups excluding carboxylic acids is 1. The molecule has 1 heterocycles. The smallest absolute Gasteiger partial charge is 0.335 e. The predicted molar refractivity (Wildman–Crippen MR) is 83.7 cm³/mol. The van der Waals surface area contributed by atoms with Crippen LogP contribution in [0.25, 0.3) is 0 Å². The largest absolute Gasteiger partial charge is 0.478 e. The minimum Gasteiger partial charge on any atom is -0.478 e. The van der Waals surface area contributed by atoms with Crippen molar-refractivity contribution in [3.05, 3.63) is 28.2 Å². The number of carboxylic acids is 1. The Hall–Kier alpha value is -1.44. The molecule has 7 heteroatoms. The zero-order valence-corrected chi connectivity index (χ0v) is 13.1. The zero-order chi connectivity index (χ0) is 15.2. The number of aromatic carboxylic acids is 1. The van der Waals surface area contributed by atoms with Crippen LogP contribution in [0.3, 0.4) is 0 Å². The van der Waals surface area contributed by atoms with Crippen LogP contribution in [0.4, 0.5) is 5.69 Å². The molecule has 21 heavy (non-hydrogen) atoms. The maximum Gasteiger partial charge on any atom is 0.335 e. The Morgan fingerprint density at radius 2 is 2.14 bits per heavy atom. The first kappa shape index (κ1) is 15.9. The van der Waals surface area contributed by atoms with E-state index in [0.29, 0.717) is 16.7 Å². The average molecular weight is 356 g/mol.